The van der Waals surface area contributed by atoms with Crippen LogP contribution in [0.1, 0.15) is 46.2 Å². The molecule has 9 heteroatoms. The van der Waals surface area contributed by atoms with E-state index in [1.807, 2.05) is 24.3 Å². The Bertz CT molecular complexity index is 1100. The summed E-state index contributed by atoms with van der Waals surface area (Å²) in [5.74, 6) is -0.389. The molecule has 0 saturated heterocycles. The number of hydrogen-bond acceptors (Lipinski definition) is 5. The van der Waals surface area contributed by atoms with Gasteiger partial charge in [-0.3, -0.25) is 25.8 Å². The average molecular weight is 476 g/mol. The summed E-state index contributed by atoms with van der Waals surface area (Å²) in [6.07, 6.45) is 3.06. The van der Waals surface area contributed by atoms with Crippen LogP contribution in [0.4, 0.5) is 0 Å². The maximum Gasteiger partial charge on any atom is 0.281 e. The molecular weight excluding hydrogens is 454 g/mol. The number of benzene rings is 2. The number of carbonyl (C=O) groups is 2. The molecule has 0 fully saturated rings. The first-order valence-electron chi connectivity index (χ1n) is 9.81. The Hall–Kier alpha value is -2.68. The lowest BCUT2D eigenvalue weighted by Crippen LogP contribution is -2.48. The second-order valence-electron chi connectivity index (χ2n) is 6.66. The Morgan fingerprint density at radius 2 is 1.77 bits per heavy atom. The van der Waals surface area contributed by atoms with Gasteiger partial charge in [-0.2, -0.15) is 0 Å². The molecule has 2 amide bonds. The molecule has 6 nitrogen and oxygen atoms in total. The van der Waals surface area contributed by atoms with Gasteiger partial charge in [0.1, 0.15) is 10.6 Å². The molecule has 1 heterocycles. The third kappa shape index (κ3) is 5.94. The Morgan fingerprint density at radius 1 is 1.03 bits per heavy atom. The average Bonchev–Trinajstić information content (AvgIpc) is 3.12. The van der Waals surface area contributed by atoms with Gasteiger partial charge >= 0.3 is 0 Å². The first-order chi connectivity index (χ1) is 15.0. The first kappa shape index (κ1) is 23.0. The summed E-state index contributed by atoms with van der Waals surface area (Å²) in [4.78, 5) is 25.4. The van der Waals surface area contributed by atoms with Gasteiger partial charge in [-0.25, -0.2) is 0 Å². The standard InChI is InChI=1S/C22H22ClN3O3S2/c1-2-3-8-13-29-16-11-6-4-9-14(16)20(27)24-22(30)26-25-21(28)19-18(23)15-10-5-7-12-17(15)31-19/h4-7,9-12H,2-3,8,13H2,1H3,(H,25,28)(H2,24,26,27,30). The van der Waals surface area contributed by atoms with E-state index in [-0.39, 0.29) is 5.11 Å². The zero-order valence-electron chi connectivity index (χ0n) is 16.9. The maximum atomic E-state index is 12.6. The molecule has 0 spiro atoms. The fourth-order valence-electron chi connectivity index (χ4n) is 2.85. The van der Waals surface area contributed by atoms with Crippen LogP contribution in [0.15, 0.2) is 48.5 Å². The van der Waals surface area contributed by atoms with E-state index in [0.29, 0.717) is 27.8 Å². The summed E-state index contributed by atoms with van der Waals surface area (Å²) in [6.45, 7) is 2.65. The molecule has 2 aromatic carbocycles. The summed E-state index contributed by atoms with van der Waals surface area (Å²) in [6, 6.07) is 14.4. The van der Waals surface area contributed by atoms with E-state index in [1.165, 1.54) is 11.3 Å². The van der Waals surface area contributed by atoms with Crippen LogP contribution >= 0.6 is 35.2 Å². The third-order valence-corrected chi connectivity index (χ3v) is 6.27. The number of hydrogen-bond donors (Lipinski definition) is 3. The van der Waals surface area contributed by atoms with Crippen LogP contribution in [-0.2, 0) is 0 Å². The van der Waals surface area contributed by atoms with Crippen molar-refractivity contribution in [1.29, 1.82) is 0 Å². The number of unbranched alkanes of at least 4 members (excludes halogenated alkanes) is 2. The zero-order valence-corrected chi connectivity index (χ0v) is 19.3. The number of ether oxygens (including phenoxy) is 1. The summed E-state index contributed by atoms with van der Waals surface area (Å²) in [5, 5.41) is 3.69. The third-order valence-electron chi connectivity index (χ3n) is 4.39. The molecular formula is C22H22ClN3O3S2. The molecule has 0 radical (unpaired) electrons. The lowest BCUT2D eigenvalue weighted by atomic mass is 10.2. The number of amides is 2. The van der Waals surface area contributed by atoms with Gasteiger partial charge in [0, 0.05) is 10.1 Å². The van der Waals surface area contributed by atoms with E-state index >= 15 is 0 Å². The fraction of sp³-hybridized carbons (Fsp3) is 0.227. The maximum absolute atomic E-state index is 12.6. The van der Waals surface area contributed by atoms with Crippen LogP contribution < -0.4 is 20.9 Å². The van der Waals surface area contributed by atoms with Crippen molar-refractivity contribution < 1.29 is 14.3 Å². The smallest absolute Gasteiger partial charge is 0.281 e. The van der Waals surface area contributed by atoms with Crippen molar-refractivity contribution in [2.75, 3.05) is 6.61 Å². The monoisotopic (exact) mass is 475 g/mol. The molecule has 3 N–H and O–H groups in total. The predicted octanol–water partition coefficient (Wildman–Crippen LogP) is 5.07. The Balaban J connectivity index is 1.56. The fourth-order valence-corrected chi connectivity index (χ4v) is 4.40. The molecule has 31 heavy (non-hydrogen) atoms. The molecule has 3 rings (SSSR count). The zero-order chi connectivity index (χ0) is 22.2. The second-order valence-corrected chi connectivity index (χ2v) is 8.49. The molecule has 162 valence electrons. The number of fused-ring (bicyclic) bond motifs is 1. The topological polar surface area (TPSA) is 79.5 Å². The van der Waals surface area contributed by atoms with Crippen molar-refractivity contribution in [2.45, 2.75) is 26.2 Å². The number of rotatable bonds is 7. The van der Waals surface area contributed by atoms with Crippen LogP contribution in [-0.4, -0.2) is 23.5 Å². The molecule has 3 aromatic rings. The predicted molar refractivity (Wildman–Crippen MR) is 129 cm³/mol. The minimum absolute atomic E-state index is 0.0450. The SMILES string of the molecule is CCCCCOc1ccccc1C(=O)NC(=S)NNC(=O)c1sc2ccccc2c1Cl. The van der Waals surface area contributed by atoms with Gasteiger partial charge in [0.25, 0.3) is 11.8 Å². The van der Waals surface area contributed by atoms with E-state index in [9.17, 15) is 9.59 Å². The molecule has 1 aromatic heterocycles. The number of carbonyl (C=O) groups excluding carboxylic acids is 2. The Kier molecular flexibility index (Phi) is 8.22. The van der Waals surface area contributed by atoms with Gasteiger partial charge in [-0.05, 0) is 36.8 Å². The van der Waals surface area contributed by atoms with Gasteiger partial charge in [0.2, 0.25) is 0 Å². The largest absolute Gasteiger partial charge is 0.493 e. The lowest BCUT2D eigenvalue weighted by Gasteiger charge is -2.13. The van der Waals surface area contributed by atoms with E-state index in [0.717, 1.165) is 29.3 Å². The van der Waals surface area contributed by atoms with Gasteiger partial charge in [-0.1, -0.05) is 61.7 Å². The van der Waals surface area contributed by atoms with Crippen LogP contribution in [0, 0.1) is 0 Å². The van der Waals surface area contributed by atoms with Crippen LogP contribution in [0.25, 0.3) is 10.1 Å². The molecule has 0 aliphatic carbocycles. The Morgan fingerprint density at radius 3 is 2.55 bits per heavy atom. The number of para-hydroxylation sites is 1. The molecule has 0 atom stereocenters. The normalized spacial score (nSPS) is 10.5. The van der Waals surface area contributed by atoms with E-state index in [2.05, 4.69) is 23.1 Å². The van der Waals surface area contributed by atoms with Gasteiger partial charge in [0.15, 0.2) is 5.11 Å². The second kappa shape index (κ2) is 11.1. The van der Waals surface area contributed by atoms with Crippen molar-refractivity contribution in [2.24, 2.45) is 0 Å². The highest BCUT2D eigenvalue weighted by molar-refractivity contribution is 7.80. The molecule has 0 unspecified atom stereocenters. The summed E-state index contributed by atoms with van der Waals surface area (Å²) in [5.41, 5.74) is 5.37. The summed E-state index contributed by atoms with van der Waals surface area (Å²) in [7, 11) is 0. The quantitative estimate of drug-likeness (QED) is 0.252. The lowest BCUT2D eigenvalue weighted by molar-refractivity contribution is 0.0937. The van der Waals surface area contributed by atoms with E-state index < -0.39 is 11.8 Å². The van der Waals surface area contributed by atoms with Gasteiger partial charge < -0.3 is 4.74 Å². The minimum atomic E-state index is -0.442. The van der Waals surface area contributed by atoms with Gasteiger partial charge in [-0.15, -0.1) is 11.3 Å². The summed E-state index contributed by atoms with van der Waals surface area (Å²) >= 11 is 12.7. The molecule has 0 aliphatic heterocycles. The molecule has 0 saturated carbocycles. The number of thiophene rings is 1. The van der Waals surface area contributed by atoms with E-state index in [4.69, 9.17) is 28.6 Å². The van der Waals surface area contributed by atoms with E-state index in [1.54, 1.807) is 24.3 Å². The number of thiocarbonyl (C=S) groups is 1. The minimum Gasteiger partial charge on any atom is -0.493 e. The van der Waals surface area contributed by atoms with Crippen molar-refractivity contribution in [3.63, 3.8) is 0 Å². The highest BCUT2D eigenvalue weighted by Crippen LogP contribution is 2.34. The molecule has 0 bridgehead atoms. The summed E-state index contributed by atoms with van der Waals surface area (Å²) < 4.78 is 6.64. The van der Waals surface area contributed by atoms with Crippen molar-refractivity contribution >= 4 is 62.2 Å². The van der Waals surface area contributed by atoms with Crippen LogP contribution in [0.3, 0.4) is 0 Å². The van der Waals surface area contributed by atoms with Crippen molar-refractivity contribution in [1.82, 2.24) is 16.2 Å². The highest BCUT2D eigenvalue weighted by Gasteiger charge is 2.18. The van der Waals surface area contributed by atoms with Crippen LogP contribution in [0.2, 0.25) is 5.02 Å². The first-order valence-corrected chi connectivity index (χ1v) is 11.4. The van der Waals surface area contributed by atoms with Crippen LogP contribution in [0.5, 0.6) is 5.75 Å². The number of nitrogens with one attached hydrogen (secondary N) is 3. The van der Waals surface area contributed by atoms with Crippen molar-refractivity contribution in [3.05, 3.63) is 64.0 Å². The van der Waals surface area contributed by atoms with Gasteiger partial charge in [0.05, 0.1) is 17.2 Å². The number of halogens is 1. The Labute approximate surface area is 194 Å². The van der Waals surface area contributed by atoms with Crippen molar-refractivity contribution in [3.8, 4) is 5.75 Å². The molecule has 0 aliphatic rings. The number of hydrazine groups is 1. The highest BCUT2D eigenvalue weighted by atomic mass is 35.5.